The normalized spacial score (nSPS) is 10.8. The van der Waals surface area contributed by atoms with Crippen LogP contribution in [-0.4, -0.2) is 28.8 Å². The Hall–Kier alpha value is -1.33. The summed E-state index contributed by atoms with van der Waals surface area (Å²) in [6, 6.07) is 4.10. The van der Waals surface area contributed by atoms with Gasteiger partial charge in [0.2, 0.25) is 0 Å². The summed E-state index contributed by atoms with van der Waals surface area (Å²) >= 11 is 1.67. The number of pyridine rings is 1. The zero-order chi connectivity index (χ0) is 13.0. The Kier molecular flexibility index (Phi) is 4.38. The molecule has 1 N–H and O–H groups in total. The molecule has 0 spiro atoms. The molecule has 2 heterocycles. The summed E-state index contributed by atoms with van der Waals surface area (Å²) in [4.78, 5) is 4.46. The van der Waals surface area contributed by atoms with Gasteiger partial charge in [-0.2, -0.15) is 0 Å². The molecule has 0 fully saturated rings. The van der Waals surface area contributed by atoms with Gasteiger partial charge in [-0.3, -0.25) is 4.98 Å². The van der Waals surface area contributed by atoms with Gasteiger partial charge in [0.25, 0.3) is 0 Å². The lowest BCUT2D eigenvalue weighted by Gasteiger charge is -2.01. The van der Waals surface area contributed by atoms with Crippen molar-refractivity contribution >= 4 is 11.3 Å². The molecule has 0 aliphatic carbocycles. The molecule has 0 aliphatic rings. The topological polar surface area (TPSA) is 50.7 Å². The van der Waals surface area contributed by atoms with Crippen molar-refractivity contribution in [2.75, 3.05) is 13.6 Å². The van der Waals surface area contributed by atoms with E-state index in [0.29, 0.717) is 0 Å². The summed E-state index contributed by atoms with van der Waals surface area (Å²) in [7, 11) is 1.97. The highest BCUT2D eigenvalue weighted by atomic mass is 32.1. The van der Waals surface area contributed by atoms with E-state index < -0.39 is 0 Å². The predicted molar refractivity (Wildman–Crippen MR) is 74.9 cm³/mol. The molecule has 0 radical (unpaired) electrons. The molecule has 0 amide bonds. The first kappa shape index (κ1) is 13.1. The van der Waals surface area contributed by atoms with Crippen molar-refractivity contribution in [3.05, 3.63) is 28.5 Å². The molecule has 0 bridgehead atoms. The summed E-state index contributed by atoms with van der Waals surface area (Å²) in [6.07, 6.45) is 2.08. The summed E-state index contributed by atoms with van der Waals surface area (Å²) in [5.74, 6) is 0. The summed E-state index contributed by atoms with van der Waals surface area (Å²) in [6.45, 7) is 5.03. The van der Waals surface area contributed by atoms with Crippen LogP contribution >= 0.6 is 11.3 Å². The Bertz CT molecular complexity index is 521. The van der Waals surface area contributed by atoms with Gasteiger partial charge in [0, 0.05) is 23.4 Å². The van der Waals surface area contributed by atoms with Crippen molar-refractivity contribution in [3.8, 4) is 10.6 Å². The van der Waals surface area contributed by atoms with Gasteiger partial charge in [-0.05, 0) is 46.0 Å². The SMILES string of the molecule is CNCCCc1nnc(-c2ccc(C)nc2C)s1. The number of nitrogens with zero attached hydrogens (tertiary/aromatic N) is 3. The van der Waals surface area contributed by atoms with E-state index in [2.05, 4.69) is 26.6 Å². The van der Waals surface area contributed by atoms with Gasteiger partial charge < -0.3 is 5.32 Å². The first-order valence-electron chi connectivity index (χ1n) is 6.12. The summed E-state index contributed by atoms with van der Waals surface area (Å²) in [5, 5.41) is 13.7. The monoisotopic (exact) mass is 262 g/mol. The van der Waals surface area contributed by atoms with Crippen molar-refractivity contribution in [3.63, 3.8) is 0 Å². The Balaban J connectivity index is 2.13. The number of hydrogen-bond acceptors (Lipinski definition) is 5. The Morgan fingerprint density at radius 2 is 2.06 bits per heavy atom. The third-order valence-corrected chi connectivity index (χ3v) is 3.76. The molecule has 0 saturated carbocycles. The molecule has 18 heavy (non-hydrogen) atoms. The number of hydrogen-bond donors (Lipinski definition) is 1. The molecule has 0 aromatic carbocycles. The Labute approximate surface area is 111 Å². The van der Waals surface area contributed by atoms with Gasteiger partial charge in [-0.1, -0.05) is 11.3 Å². The van der Waals surface area contributed by atoms with Crippen molar-refractivity contribution in [2.24, 2.45) is 0 Å². The van der Waals surface area contributed by atoms with E-state index in [1.807, 2.05) is 27.0 Å². The van der Waals surface area contributed by atoms with Gasteiger partial charge in [0.05, 0.1) is 0 Å². The van der Waals surface area contributed by atoms with Gasteiger partial charge in [0.1, 0.15) is 10.0 Å². The van der Waals surface area contributed by atoms with E-state index in [1.54, 1.807) is 11.3 Å². The van der Waals surface area contributed by atoms with E-state index in [4.69, 9.17) is 0 Å². The third-order valence-electron chi connectivity index (χ3n) is 2.74. The molecule has 0 saturated heterocycles. The Morgan fingerprint density at radius 3 is 2.78 bits per heavy atom. The van der Waals surface area contributed by atoms with E-state index in [1.165, 1.54) is 0 Å². The van der Waals surface area contributed by atoms with Gasteiger partial charge in [0.15, 0.2) is 0 Å². The lowest BCUT2D eigenvalue weighted by atomic mass is 10.2. The molecule has 0 aliphatic heterocycles. The van der Waals surface area contributed by atoms with Crippen LogP contribution in [0.1, 0.15) is 22.8 Å². The highest BCUT2D eigenvalue weighted by molar-refractivity contribution is 7.14. The second-order valence-electron chi connectivity index (χ2n) is 4.29. The maximum Gasteiger partial charge on any atom is 0.149 e. The van der Waals surface area contributed by atoms with E-state index in [0.717, 1.165) is 46.4 Å². The standard InChI is InChI=1S/C13H18N4S/c1-9-6-7-11(10(2)15-9)13-17-16-12(18-13)5-4-8-14-3/h6-7,14H,4-5,8H2,1-3H3. The molecule has 0 unspecified atom stereocenters. The highest BCUT2D eigenvalue weighted by Gasteiger charge is 2.09. The van der Waals surface area contributed by atoms with Crippen LogP contribution in [0.15, 0.2) is 12.1 Å². The molecule has 2 aromatic heterocycles. The van der Waals surface area contributed by atoms with Crippen LogP contribution in [-0.2, 0) is 6.42 Å². The minimum atomic E-state index is 0.972. The lowest BCUT2D eigenvalue weighted by Crippen LogP contribution is -2.08. The maximum absolute atomic E-state index is 4.46. The second kappa shape index (κ2) is 6.02. The molecular formula is C13H18N4S. The number of rotatable bonds is 5. The van der Waals surface area contributed by atoms with Crippen molar-refractivity contribution in [1.82, 2.24) is 20.5 Å². The molecule has 5 heteroatoms. The van der Waals surface area contributed by atoms with Gasteiger partial charge >= 0.3 is 0 Å². The van der Waals surface area contributed by atoms with Crippen LogP contribution in [0.2, 0.25) is 0 Å². The van der Waals surface area contributed by atoms with Gasteiger partial charge in [-0.15, -0.1) is 10.2 Å². The van der Waals surface area contributed by atoms with E-state index in [9.17, 15) is 0 Å². The summed E-state index contributed by atoms with van der Waals surface area (Å²) < 4.78 is 0. The average molecular weight is 262 g/mol. The molecule has 0 atom stereocenters. The molecule has 4 nitrogen and oxygen atoms in total. The fourth-order valence-electron chi connectivity index (χ4n) is 1.79. The van der Waals surface area contributed by atoms with Crippen molar-refractivity contribution in [2.45, 2.75) is 26.7 Å². The number of aryl methyl sites for hydroxylation is 3. The minimum absolute atomic E-state index is 0.972. The molecule has 96 valence electrons. The maximum atomic E-state index is 4.46. The minimum Gasteiger partial charge on any atom is -0.320 e. The second-order valence-corrected chi connectivity index (χ2v) is 5.36. The molecule has 2 aromatic rings. The van der Waals surface area contributed by atoms with Crippen LogP contribution < -0.4 is 5.32 Å². The van der Waals surface area contributed by atoms with Crippen LogP contribution in [0, 0.1) is 13.8 Å². The molecule has 2 rings (SSSR count). The predicted octanol–water partition coefficient (Wildman–Crippen LogP) is 2.37. The first-order chi connectivity index (χ1) is 8.70. The summed E-state index contributed by atoms with van der Waals surface area (Å²) in [5.41, 5.74) is 3.15. The zero-order valence-corrected chi connectivity index (χ0v) is 11.8. The van der Waals surface area contributed by atoms with Crippen molar-refractivity contribution in [1.29, 1.82) is 0 Å². The fourth-order valence-corrected chi connectivity index (χ4v) is 2.75. The Morgan fingerprint density at radius 1 is 1.22 bits per heavy atom. The quantitative estimate of drug-likeness (QED) is 0.841. The van der Waals surface area contributed by atoms with Crippen molar-refractivity contribution < 1.29 is 0 Å². The first-order valence-corrected chi connectivity index (χ1v) is 6.94. The smallest absolute Gasteiger partial charge is 0.149 e. The van der Waals surface area contributed by atoms with Crippen LogP contribution in [0.25, 0.3) is 10.6 Å². The highest BCUT2D eigenvalue weighted by Crippen LogP contribution is 2.26. The lowest BCUT2D eigenvalue weighted by molar-refractivity contribution is 0.718. The number of nitrogens with one attached hydrogen (secondary N) is 1. The van der Waals surface area contributed by atoms with Gasteiger partial charge in [-0.25, -0.2) is 0 Å². The van der Waals surface area contributed by atoms with Crippen LogP contribution in [0.5, 0.6) is 0 Å². The largest absolute Gasteiger partial charge is 0.320 e. The number of aromatic nitrogens is 3. The zero-order valence-electron chi connectivity index (χ0n) is 11.0. The average Bonchev–Trinajstić information content (AvgIpc) is 2.78. The third kappa shape index (κ3) is 3.11. The van der Waals surface area contributed by atoms with E-state index in [-0.39, 0.29) is 0 Å². The van der Waals surface area contributed by atoms with Crippen LogP contribution in [0.3, 0.4) is 0 Å². The van der Waals surface area contributed by atoms with Crippen LogP contribution in [0.4, 0.5) is 0 Å². The van der Waals surface area contributed by atoms with E-state index >= 15 is 0 Å². The molecular weight excluding hydrogens is 244 g/mol. The fraction of sp³-hybridized carbons (Fsp3) is 0.462.